The van der Waals surface area contributed by atoms with Crippen LogP contribution in [0.2, 0.25) is 5.02 Å². The van der Waals surface area contributed by atoms with Crippen LogP contribution in [0, 0.1) is 0 Å². The van der Waals surface area contributed by atoms with E-state index in [4.69, 9.17) is 16.3 Å². The molecular formula is C23H25ClN4O2. The molecule has 0 atom stereocenters. The molecule has 0 unspecified atom stereocenters. The maximum absolute atomic E-state index is 12.8. The van der Waals surface area contributed by atoms with Gasteiger partial charge in [-0.05, 0) is 41.8 Å². The van der Waals surface area contributed by atoms with Crippen molar-refractivity contribution >= 4 is 23.3 Å². The average molecular weight is 425 g/mol. The molecule has 0 bridgehead atoms. The monoisotopic (exact) mass is 424 g/mol. The molecule has 0 spiro atoms. The van der Waals surface area contributed by atoms with E-state index in [1.54, 1.807) is 7.11 Å². The lowest BCUT2D eigenvalue weighted by molar-refractivity contribution is -0.130. The molecular weight excluding hydrogens is 400 g/mol. The zero-order valence-electron chi connectivity index (χ0n) is 17.0. The molecule has 0 aliphatic carbocycles. The molecule has 4 rings (SSSR count). The summed E-state index contributed by atoms with van der Waals surface area (Å²) in [5.74, 6) is 1.86. The third kappa shape index (κ3) is 4.76. The molecule has 2 heterocycles. The van der Waals surface area contributed by atoms with Crippen LogP contribution in [0.15, 0.2) is 54.6 Å². The number of amides is 1. The van der Waals surface area contributed by atoms with Crippen molar-refractivity contribution < 1.29 is 9.53 Å². The second-order valence-electron chi connectivity index (χ2n) is 7.39. The molecule has 6 nitrogen and oxygen atoms in total. The van der Waals surface area contributed by atoms with E-state index in [0.717, 1.165) is 54.4 Å². The highest BCUT2D eigenvalue weighted by Gasteiger charge is 2.21. The van der Waals surface area contributed by atoms with Gasteiger partial charge in [0.1, 0.15) is 5.75 Å². The maximum atomic E-state index is 12.8. The number of anilines is 1. The Morgan fingerprint density at radius 3 is 2.57 bits per heavy atom. The van der Waals surface area contributed by atoms with Crippen LogP contribution in [0.5, 0.6) is 5.75 Å². The van der Waals surface area contributed by atoms with E-state index < -0.39 is 0 Å². The SMILES string of the molecule is COc1ccc(CC(=O)N2CCCN(c3cc(-c4ccc(Cl)cc4)[nH]n3)CC2)cc1. The highest BCUT2D eigenvalue weighted by atomic mass is 35.5. The number of methoxy groups -OCH3 is 1. The molecule has 7 heteroatoms. The minimum absolute atomic E-state index is 0.158. The molecule has 1 amide bonds. The summed E-state index contributed by atoms with van der Waals surface area (Å²) < 4.78 is 5.18. The Bertz CT molecular complexity index is 985. The molecule has 1 aromatic heterocycles. The summed E-state index contributed by atoms with van der Waals surface area (Å²) in [7, 11) is 1.64. The predicted molar refractivity (Wildman–Crippen MR) is 119 cm³/mol. The fourth-order valence-electron chi connectivity index (χ4n) is 3.68. The van der Waals surface area contributed by atoms with Gasteiger partial charge in [-0.3, -0.25) is 9.89 Å². The van der Waals surface area contributed by atoms with Crippen LogP contribution in [0.3, 0.4) is 0 Å². The third-order valence-corrected chi connectivity index (χ3v) is 5.66. The number of nitrogens with one attached hydrogen (secondary N) is 1. The minimum Gasteiger partial charge on any atom is -0.497 e. The van der Waals surface area contributed by atoms with Crippen molar-refractivity contribution in [2.24, 2.45) is 0 Å². The van der Waals surface area contributed by atoms with Gasteiger partial charge < -0.3 is 14.5 Å². The lowest BCUT2D eigenvalue weighted by Crippen LogP contribution is -2.36. The average Bonchev–Trinajstić information content (AvgIpc) is 3.12. The van der Waals surface area contributed by atoms with Crippen molar-refractivity contribution in [1.29, 1.82) is 0 Å². The Kier molecular flexibility index (Phi) is 6.23. The summed E-state index contributed by atoms with van der Waals surface area (Å²) in [5.41, 5.74) is 3.00. The number of aromatic amines is 1. The number of rotatable bonds is 5. The largest absolute Gasteiger partial charge is 0.497 e. The van der Waals surface area contributed by atoms with Crippen molar-refractivity contribution in [1.82, 2.24) is 15.1 Å². The predicted octanol–water partition coefficient (Wildman–Crippen LogP) is 4.02. The number of carbonyl (C=O) groups excluding carboxylic acids is 1. The number of halogens is 1. The van der Waals surface area contributed by atoms with Crippen LogP contribution in [0.25, 0.3) is 11.3 Å². The number of aromatic nitrogens is 2. The van der Waals surface area contributed by atoms with E-state index in [0.29, 0.717) is 18.0 Å². The van der Waals surface area contributed by atoms with Gasteiger partial charge in [0.05, 0.1) is 19.2 Å². The minimum atomic E-state index is 0.158. The molecule has 156 valence electrons. The van der Waals surface area contributed by atoms with Crippen LogP contribution in [-0.2, 0) is 11.2 Å². The van der Waals surface area contributed by atoms with Gasteiger partial charge in [0.25, 0.3) is 0 Å². The van der Waals surface area contributed by atoms with Gasteiger partial charge in [-0.2, -0.15) is 5.10 Å². The van der Waals surface area contributed by atoms with Crippen molar-refractivity contribution in [2.75, 3.05) is 38.2 Å². The summed E-state index contributed by atoms with van der Waals surface area (Å²) in [6.07, 6.45) is 1.32. The smallest absolute Gasteiger partial charge is 0.227 e. The van der Waals surface area contributed by atoms with Gasteiger partial charge in [-0.15, -0.1) is 0 Å². The first-order chi connectivity index (χ1) is 14.6. The fraction of sp³-hybridized carbons (Fsp3) is 0.304. The number of ether oxygens (including phenoxy) is 1. The molecule has 1 N–H and O–H groups in total. The number of carbonyl (C=O) groups is 1. The van der Waals surface area contributed by atoms with Crippen molar-refractivity contribution in [3.8, 4) is 17.0 Å². The van der Waals surface area contributed by atoms with E-state index in [1.807, 2.05) is 53.4 Å². The Morgan fingerprint density at radius 2 is 1.83 bits per heavy atom. The van der Waals surface area contributed by atoms with Crippen molar-refractivity contribution in [3.05, 3.63) is 65.2 Å². The molecule has 2 aromatic carbocycles. The Labute approximate surface area is 181 Å². The molecule has 0 radical (unpaired) electrons. The topological polar surface area (TPSA) is 61.5 Å². The van der Waals surface area contributed by atoms with E-state index in [2.05, 4.69) is 21.2 Å². The highest BCUT2D eigenvalue weighted by Crippen LogP contribution is 2.24. The van der Waals surface area contributed by atoms with Crippen LogP contribution in [-0.4, -0.2) is 54.3 Å². The lowest BCUT2D eigenvalue weighted by atomic mass is 10.1. The first kappa shape index (κ1) is 20.3. The quantitative estimate of drug-likeness (QED) is 0.672. The number of H-pyrrole nitrogens is 1. The van der Waals surface area contributed by atoms with Crippen molar-refractivity contribution in [3.63, 3.8) is 0 Å². The first-order valence-corrected chi connectivity index (χ1v) is 10.5. The number of benzene rings is 2. The highest BCUT2D eigenvalue weighted by molar-refractivity contribution is 6.30. The molecule has 1 aliphatic heterocycles. The number of hydrogen-bond acceptors (Lipinski definition) is 4. The molecule has 1 fully saturated rings. The number of hydrogen-bond donors (Lipinski definition) is 1. The molecule has 0 saturated carbocycles. The van der Waals surface area contributed by atoms with Crippen LogP contribution in [0.4, 0.5) is 5.82 Å². The second-order valence-corrected chi connectivity index (χ2v) is 7.83. The summed E-state index contributed by atoms with van der Waals surface area (Å²) in [5, 5.41) is 8.31. The maximum Gasteiger partial charge on any atom is 0.227 e. The van der Waals surface area contributed by atoms with E-state index in [9.17, 15) is 4.79 Å². The van der Waals surface area contributed by atoms with Gasteiger partial charge in [0.15, 0.2) is 5.82 Å². The van der Waals surface area contributed by atoms with Gasteiger partial charge in [-0.25, -0.2) is 0 Å². The van der Waals surface area contributed by atoms with Crippen LogP contribution >= 0.6 is 11.6 Å². The normalized spacial score (nSPS) is 14.5. The third-order valence-electron chi connectivity index (χ3n) is 5.41. The van der Waals surface area contributed by atoms with Crippen LogP contribution in [0.1, 0.15) is 12.0 Å². The standard InChI is InChI=1S/C23H25ClN4O2/c1-30-20-9-3-17(4-10-20)15-23(29)28-12-2-11-27(13-14-28)22-16-21(25-26-22)18-5-7-19(24)8-6-18/h3-10,16H,2,11-15H2,1H3,(H,25,26). The van der Waals surface area contributed by atoms with E-state index >= 15 is 0 Å². The second kappa shape index (κ2) is 9.22. The summed E-state index contributed by atoms with van der Waals surface area (Å²) in [6, 6.07) is 17.4. The zero-order valence-corrected chi connectivity index (χ0v) is 17.7. The summed E-state index contributed by atoms with van der Waals surface area (Å²) in [4.78, 5) is 17.0. The Balaban J connectivity index is 1.36. The molecule has 1 saturated heterocycles. The van der Waals surface area contributed by atoms with E-state index in [-0.39, 0.29) is 5.91 Å². The van der Waals surface area contributed by atoms with E-state index in [1.165, 1.54) is 0 Å². The Morgan fingerprint density at radius 1 is 1.07 bits per heavy atom. The van der Waals surface area contributed by atoms with Gasteiger partial charge in [-0.1, -0.05) is 35.9 Å². The van der Waals surface area contributed by atoms with Gasteiger partial charge >= 0.3 is 0 Å². The summed E-state index contributed by atoms with van der Waals surface area (Å²) in [6.45, 7) is 3.09. The molecule has 1 aliphatic rings. The van der Waals surface area contributed by atoms with Crippen molar-refractivity contribution in [2.45, 2.75) is 12.8 Å². The summed E-state index contributed by atoms with van der Waals surface area (Å²) >= 11 is 5.98. The molecule has 30 heavy (non-hydrogen) atoms. The van der Waals surface area contributed by atoms with Gasteiger partial charge in [0, 0.05) is 37.3 Å². The molecule has 3 aromatic rings. The zero-order chi connectivity index (χ0) is 20.9. The lowest BCUT2D eigenvalue weighted by Gasteiger charge is -2.22. The first-order valence-electron chi connectivity index (χ1n) is 10.1. The number of nitrogens with zero attached hydrogens (tertiary/aromatic N) is 3. The van der Waals surface area contributed by atoms with Crippen LogP contribution < -0.4 is 9.64 Å². The Hall–Kier alpha value is -2.99. The van der Waals surface area contributed by atoms with Gasteiger partial charge in [0.2, 0.25) is 5.91 Å². The fourth-order valence-corrected chi connectivity index (χ4v) is 3.80.